The highest BCUT2D eigenvalue weighted by molar-refractivity contribution is 5.40. The second-order valence-electron chi connectivity index (χ2n) is 4.17. The van der Waals surface area contributed by atoms with Crippen molar-refractivity contribution in [2.75, 3.05) is 7.11 Å². The Balaban J connectivity index is 2.34. The predicted octanol–water partition coefficient (Wildman–Crippen LogP) is 2.50. The molecule has 1 saturated carbocycles. The fourth-order valence-electron chi connectivity index (χ4n) is 2.04. The first-order valence-electron chi connectivity index (χ1n) is 5.22. The van der Waals surface area contributed by atoms with Crippen LogP contribution in [0.1, 0.15) is 30.4 Å². The van der Waals surface area contributed by atoms with Crippen molar-refractivity contribution in [2.24, 2.45) is 5.73 Å². The quantitative estimate of drug-likeness (QED) is 0.830. The third-order valence-electron chi connectivity index (χ3n) is 3.25. The number of alkyl halides is 1. The van der Waals surface area contributed by atoms with Crippen molar-refractivity contribution in [3.63, 3.8) is 0 Å². The summed E-state index contributed by atoms with van der Waals surface area (Å²) in [5.41, 5.74) is 7.57. The molecule has 82 valence electrons. The maximum Gasteiger partial charge on any atom is 0.124 e. The van der Waals surface area contributed by atoms with Crippen LogP contribution in [0.15, 0.2) is 18.2 Å². The lowest BCUT2D eigenvalue weighted by molar-refractivity contribution is 0.253. The second-order valence-corrected chi connectivity index (χ2v) is 4.17. The molecule has 0 bridgehead atoms. The van der Waals surface area contributed by atoms with Crippen LogP contribution in [0.4, 0.5) is 4.39 Å². The molecule has 0 atom stereocenters. The Morgan fingerprint density at radius 2 is 2.20 bits per heavy atom. The minimum absolute atomic E-state index is 0.226. The standard InChI is InChI=1S/C12H16FNO/c1-15-11-4-3-10(7-9(11)8-13)12(14)5-2-6-12/h3-4,7H,2,5-6,8,14H2,1H3. The number of methoxy groups -OCH3 is 1. The average Bonchev–Trinajstić information content (AvgIpc) is 2.25. The van der Waals surface area contributed by atoms with Crippen LogP contribution in [0.3, 0.4) is 0 Å². The highest BCUT2D eigenvalue weighted by atomic mass is 19.1. The number of nitrogens with two attached hydrogens (primary N) is 1. The molecule has 0 unspecified atom stereocenters. The van der Waals surface area contributed by atoms with Crippen molar-refractivity contribution >= 4 is 0 Å². The second kappa shape index (κ2) is 3.81. The molecule has 0 aromatic heterocycles. The van der Waals surface area contributed by atoms with Crippen LogP contribution >= 0.6 is 0 Å². The molecule has 3 heteroatoms. The van der Waals surface area contributed by atoms with Crippen LogP contribution in [0.2, 0.25) is 0 Å². The van der Waals surface area contributed by atoms with Crippen molar-refractivity contribution in [1.29, 1.82) is 0 Å². The van der Waals surface area contributed by atoms with Crippen molar-refractivity contribution in [2.45, 2.75) is 31.5 Å². The number of halogens is 1. The first-order chi connectivity index (χ1) is 7.19. The molecule has 0 spiro atoms. The van der Waals surface area contributed by atoms with Crippen LogP contribution in [-0.2, 0) is 12.2 Å². The van der Waals surface area contributed by atoms with Crippen LogP contribution in [0, 0.1) is 0 Å². The molecule has 1 aromatic rings. The number of ether oxygens (including phenoxy) is 1. The predicted molar refractivity (Wildman–Crippen MR) is 57.5 cm³/mol. The van der Waals surface area contributed by atoms with Gasteiger partial charge in [-0.2, -0.15) is 0 Å². The third kappa shape index (κ3) is 1.72. The summed E-state index contributed by atoms with van der Waals surface area (Å²) in [4.78, 5) is 0. The minimum Gasteiger partial charge on any atom is -0.496 e. The van der Waals surface area contributed by atoms with Crippen LogP contribution in [-0.4, -0.2) is 7.11 Å². The molecule has 2 nitrogen and oxygen atoms in total. The van der Waals surface area contributed by atoms with Gasteiger partial charge in [-0.1, -0.05) is 6.07 Å². The molecule has 0 aliphatic heterocycles. The largest absolute Gasteiger partial charge is 0.496 e. The molecule has 15 heavy (non-hydrogen) atoms. The maximum absolute atomic E-state index is 12.7. The van der Waals surface area contributed by atoms with E-state index in [1.807, 2.05) is 12.1 Å². The molecular weight excluding hydrogens is 193 g/mol. The lowest BCUT2D eigenvalue weighted by atomic mass is 9.72. The Morgan fingerprint density at radius 1 is 1.47 bits per heavy atom. The van der Waals surface area contributed by atoms with Gasteiger partial charge in [0.1, 0.15) is 12.4 Å². The van der Waals surface area contributed by atoms with Gasteiger partial charge in [0.15, 0.2) is 0 Å². The van der Waals surface area contributed by atoms with Gasteiger partial charge in [0.2, 0.25) is 0 Å². The average molecular weight is 209 g/mol. The van der Waals surface area contributed by atoms with Crippen molar-refractivity contribution in [3.8, 4) is 5.75 Å². The topological polar surface area (TPSA) is 35.2 Å². The molecule has 1 aromatic carbocycles. The maximum atomic E-state index is 12.7. The molecule has 2 N–H and O–H groups in total. The van der Waals surface area contributed by atoms with Gasteiger partial charge in [0.25, 0.3) is 0 Å². The molecule has 0 saturated heterocycles. The number of benzene rings is 1. The molecular formula is C12H16FNO. The zero-order valence-electron chi connectivity index (χ0n) is 8.92. The van der Waals surface area contributed by atoms with E-state index < -0.39 is 6.67 Å². The SMILES string of the molecule is COc1ccc(C2(N)CCC2)cc1CF. The van der Waals surface area contributed by atoms with Gasteiger partial charge in [-0.3, -0.25) is 0 Å². The van der Waals surface area contributed by atoms with Gasteiger partial charge in [0.05, 0.1) is 7.11 Å². The van der Waals surface area contributed by atoms with Gasteiger partial charge in [-0.15, -0.1) is 0 Å². The van der Waals surface area contributed by atoms with E-state index in [9.17, 15) is 4.39 Å². The van der Waals surface area contributed by atoms with E-state index in [4.69, 9.17) is 10.5 Å². The first-order valence-corrected chi connectivity index (χ1v) is 5.22. The summed E-state index contributed by atoms with van der Waals surface area (Å²) >= 11 is 0. The summed E-state index contributed by atoms with van der Waals surface area (Å²) in [5, 5.41) is 0. The Labute approximate surface area is 89.2 Å². The van der Waals surface area contributed by atoms with Crippen LogP contribution in [0.5, 0.6) is 5.75 Å². The Morgan fingerprint density at radius 3 is 2.67 bits per heavy atom. The molecule has 0 amide bonds. The van der Waals surface area contributed by atoms with E-state index in [1.165, 1.54) is 0 Å². The van der Waals surface area contributed by atoms with Crippen molar-refractivity contribution < 1.29 is 9.13 Å². The number of hydrogen-bond acceptors (Lipinski definition) is 2. The van der Waals surface area contributed by atoms with Gasteiger partial charge in [0, 0.05) is 11.1 Å². The van der Waals surface area contributed by atoms with Gasteiger partial charge in [-0.05, 0) is 37.0 Å². The van der Waals surface area contributed by atoms with Crippen LogP contribution in [0.25, 0.3) is 0 Å². The Bertz CT molecular complexity index is 361. The zero-order valence-corrected chi connectivity index (χ0v) is 8.92. The Hall–Kier alpha value is -1.09. The van der Waals surface area contributed by atoms with E-state index in [0.29, 0.717) is 11.3 Å². The molecule has 2 rings (SSSR count). The summed E-state index contributed by atoms with van der Waals surface area (Å²) in [6.07, 6.45) is 3.14. The van der Waals surface area contributed by atoms with Gasteiger partial charge < -0.3 is 10.5 Å². The summed E-state index contributed by atoms with van der Waals surface area (Å²) in [6.45, 7) is -0.507. The molecule has 0 radical (unpaired) electrons. The molecule has 1 aliphatic carbocycles. The summed E-state index contributed by atoms with van der Waals surface area (Å²) in [6, 6.07) is 5.58. The fourth-order valence-corrected chi connectivity index (χ4v) is 2.04. The zero-order chi connectivity index (χ0) is 10.9. The van der Waals surface area contributed by atoms with Gasteiger partial charge >= 0.3 is 0 Å². The summed E-state index contributed by atoms with van der Waals surface area (Å²) < 4.78 is 17.8. The van der Waals surface area contributed by atoms with E-state index >= 15 is 0 Å². The molecule has 1 aliphatic rings. The van der Waals surface area contributed by atoms with E-state index in [-0.39, 0.29) is 5.54 Å². The minimum atomic E-state index is -0.507. The monoisotopic (exact) mass is 209 g/mol. The molecule has 0 heterocycles. The van der Waals surface area contributed by atoms with Gasteiger partial charge in [-0.25, -0.2) is 4.39 Å². The van der Waals surface area contributed by atoms with E-state index in [1.54, 1.807) is 13.2 Å². The van der Waals surface area contributed by atoms with Crippen LogP contribution < -0.4 is 10.5 Å². The first kappa shape index (κ1) is 10.4. The normalized spacial score (nSPS) is 18.3. The molecule has 1 fully saturated rings. The van der Waals surface area contributed by atoms with E-state index in [0.717, 1.165) is 24.8 Å². The van der Waals surface area contributed by atoms with Crippen molar-refractivity contribution in [3.05, 3.63) is 29.3 Å². The van der Waals surface area contributed by atoms with Crippen molar-refractivity contribution in [1.82, 2.24) is 0 Å². The highest BCUT2D eigenvalue weighted by Crippen LogP contribution is 2.40. The number of rotatable bonds is 3. The Kier molecular flexibility index (Phi) is 2.65. The lowest BCUT2D eigenvalue weighted by Crippen LogP contribution is -2.43. The lowest BCUT2D eigenvalue weighted by Gasteiger charge is -2.38. The highest BCUT2D eigenvalue weighted by Gasteiger charge is 2.34. The summed E-state index contributed by atoms with van der Waals surface area (Å²) in [5.74, 6) is 0.601. The number of hydrogen-bond donors (Lipinski definition) is 1. The summed E-state index contributed by atoms with van der Waals surface area (Å²) in [7, 11) is 1.55. The van der Waals surface area contributed by atoms with E-state index in [2.05, 4.69) is 0 Å². The smallest absolute Gasteiger partial charge is 0.124 e. The fraction of sp³-hybridized carbons (Fsp3) is 0.500. The third-order valence-corrected chi connectivity index (χ3v) is 3.25.